The molecule has 5 nitrogen and oxygen atoms in total. The highest BCUT2D eigenvalue weighted by atomic mass is 16.3. The number of benzene rings is 1. The maximum absolute atomic E-state index is 12.9. The van der Waals surface area contributed by atoms with Crippen LogP contribution in [0.2, 0.25) is 0 Å². The number of hydrogen-bond acceptors (Lipinski definition) is 3. The van der Waals surface area contributed by atoms with E-state index in [0.29, 0.717) is 32.5 Å². The van der Waals surface area contributed by atoms with Gasteiger partial charge in [-0.1, -0.05) is 35.4 Å². The zero-order valence-electron chi connectivity index (χ0n) is 15.9. The van der Waals surface area contributed by atoms with Crippen LogP contribution < -0.4 is 0 Å². The fraction of sp³-hybridized carbons (Fsp3) is 0.524. The second-order valence-corrected chi connectivity index (χ2v) is 7.68. The van der Waals surface area contributed by atoms with Crippen LogP contribution >= 0.6 is 0 Å². The molecule has 2 aliphatic rings. The summed E-state index contributed by atoms with van der Waals surface area (Å²) in [6.07, 6.45) is 3.94. The number of β-amino-alcohol motifs (C(OH)–C–C–N with tert-alkyl or cyclic N) is 1. The normalized spacial score (nSPS) is 23.6. The Morgan fingerprint density at radius 2 is 1.77 bits per heavy atom. The first-order chi connectivity index (χ1) is 12.3. The number of aliphatic hydroxyl groups is 1. The molecule has 0 radical (unpaired) electrons. The smallest absolute Gasteiger partial charge is 0.256 e. The molecule has 1 saturated heterocycles. The van der Waals surface area contributed by atoms with Gasteiger partial charge in [-0.15, -0.1) is 0 Å². The number of amides is 2. The molecule has 26 heavy (non-hydrogen) atoms. The lowest BCUT2D eigenvalue weighted by Crippen LogP contribution is -2.59. The minimum absolute atomic E-state index is 0.0911. The van der Waals surface area contributed by atoms with E-state index < -0.39 is 5.60 Å². The Balaban J connectivity index is 1.71. The molecule has 1 fully saturated rings. The van der Waals surface area contributed by atoms with Crippen molar-refractivity contribution in [3.63, 3.8) is 0 Å². The molecule has 0 unspecified atom stereocenters. The van der Waals surface area contributed by atoms with Crippen LogP contribution in [0.3, 0.4) is 0 Å². The van der Waals surface area contributed by atoms with Gasteiger partial charge in [-0.2, -0.15) is 0 Å². The van der Waals surface area contributed by atoms with Gasteiger partial charge in [0.25, 0.3) is 5.91 Å². The maximum atomic E-state index is 12.9. The molecular formula is C21H28N2O3. The van der Waals surface area contributed by atoms with Crippen molar-refractivity contribution in [2.75, 3.05) is 26.2 Å². The van der Waals surface area contributed by atoms with Gasteiger partial charge in [0.2, 0.25) is 5.91 Å². The Kier molecular flexibility index (Phi) is 5.19. The average Bonchev–Trinajstić information content (AvgIpc) is 2.60. The summed E-state index contributed by atoms with van der Waals surface area (Å²) in [6, 6.07) is 6.51. The fourth-order valence-corrected chi connectivity index (χ4v) is 4.05. The van der Waals surface area contributed by atoms with E-state index >= 15 is 0 Å². The lowest BCUT2D eigenvalue weighted by atomic mass is 9.90. The third-order valence-corrected chi connectivity index (χ3v) is 5.40. The van der Waals surface area contributed by atoms with Crippen LogP contribution in [0.4, 0.5) is 0 Å². The molecule has 0 saturated carbocycles. The van der Waals surface area contributed by atoms with Gasteiger partial charge in [0.05, 0.1) is 6.54 Å². The first kappa shape index (κ1) is 18.6. The summed E-state index contributed by atoms with van der Waals surface area (Å²) >= 11 is 0. The molecular weight excluding hydrogens is 328 g/mol. The monoisotopic (exact) mass is 356 g/mol. The number of aryl methyl sites for hydroxylation is 2. The average molecular weight is 356 g/mol. The van der Waals surface area contributed by atoms with E-state index in [9.17, 15) is 14.7 Å². The largest absolute Gasteiger partial charge is 0.378 e. The van der Waals surface area contributed by atoms with Crippen LogP contribution in [0.1, 0.15) is 42.9 Å². The summed E-state index contributed by atoms with van der Waals surface area (Å²) in [5, 5.41) is 10.9. The van der Waals surface area contributed by atoms with Crippen molar-refractivity contribution in [1.82, 2.24) is 9.80 Å². The molecule has 0 aliphatic carbocycles. The van der Waals surface area contributed by atoms with E-state index in [1.54, 1.807) is 9.80 Å². The molecule has 140 valence electrons. The van der Waals surface area contributed by atoms with E-state index in [4.69, 9.17) is 0 Å². The highest BCUT2D eigenvalue weighted by Crippen LogP contribution is 2.28. The minimum Gasteiger partial charge on any atom is -0.378 e. The highest BCUT2D eigenvalue weighted by molar-refractivity contribution is 5.87. The summed E-state index contributed by atoms with van der Waals surface area (Å²) in [7, 11) is 0. The van der Waals surface area contributed by atoms with Gasteiger partial charge in [0.1, 0.15) is 0 Å². The molecule has 2 aliphatic heterocycles. The van der Waals surface area contributed by atoms with E-state index in [1.165, 1.54) is 29.2 Å². The number of rotatable bonds is 2. The predicted molar refractivity (Wildman–Crippen MR) is 102 cm³/mol. The van der Waals surface area contributed by atoms with E-state index in [-0.39, 0.29) is 18.4 Å². The lowest BCUT2D eigenvalue weighted by molar-refractivity contribution is -0.159. The molecule has 1 N–H and O–H groups in total. The standard InChI is InChI=1S/C21H28N2O3/c1-15-11-16(2)13-19(12-15)18-5-9-22(10-6-18)20(25)21(26)7-4-8-23(14-21)17(3)24/h5,11-13,26H,4,6-10,14H2,1-3H3/t21-/m1/s1. The number of nitrogens with zero attached hydrogens (tertiary/aromatic N) is 2. The predicted octanol–water partition coefficient (Wildman–Crippen LogP) is 2.29. The summed E-state index contributed by atoms with van der Waals surface area (Å²) in [5.74, 6) is -0.342. The molecule has 0 bridgehead atoms. The second-order valence-electron chi connectivity index (χ2n) is 7.68. The van der Waals surface area contributed by atoms with Crippen molar-refractivity contribution in [2.24, 2.45) is 0 Å². The van der Waals surface area contributed by atoms with Gasteiger partial charge in [0, 0.05) is 26.6 Å². The van der Waals surface area contributed by atoms with Crippen molar-refractivity contribution in [3.8, 4) is 0 Å². The van der Waals surface area contributed by atoms with Crippen LogP contribution in [-0.2, 0) is 9.59 Å². The summed E-state index contributed by atoms with van der Waals surface area (Å²) < 4.78 is 0. The highest BCUT2D eigenvalue weighted by Gasteiger charge is 2.43. The quantitative estimate of drug-likeness (QED) is 0.884. The zero-order valence-corrected chi connectivity index (χ0v) is 15.9. The van der Waals surface area contributed by atoms with Gasteiger partial charge in [0.15, 0.2) is 5.60 Å². The van der Waals surface area contributed by atoms with E-state index in [1.807, 2.05) is 0 Å². The van der Waals surface area contributed by atoms with Crippen molar-refractivity contribution < 1.29 is 14.7 Å². The SMILES string of the molecule is CC(=O)N1CCC[C@](O)(C(=O)N2CC=C(c3cc(C)cc(C)c3)CC2)C1. The van der Waals surface area contributed by atoms with Gasteiger partial charge in [-0.25, -0.2) is 0 Å². The summed E-state index contributed by atoms with van der Waals surface area (Å²) in [5.41, 5.74) is 3.49. The molecule has 1 aromatic carbocycles. The van der Waals surface area contributed by atoms with Crippen LogP contribution in [0.15, 0.2) is 24.3 Å². The third-order valence-electron chi connectivity index (χ3n) is 5.40. The minimum atomic E-state index is -1.45. The molecule has 1 aromatic rings. The number of carbonyl (C=O) groups excluding carboxylic acids is 2. The number of likely N-dealkylation sites (tertiary alicyclic amines) is 1. The Labute approximate surface area is 155 Å². The topological polar surface area (TPSA) is 60.9 Å². The Morgan fingerprint density at radius 1 is 1.08 bits per heavy atom. The summed E-state index contributed by atoms with van der Waals surface area (Å²) in [6.45, 7) is 7.48. The first-order valence-corrected chi connectivity index (χ1v) is 9.33. The van der Waals surface area contributed by atoms with E-state index in [0.717, 1.165) is 6.42 Å². The maximum Gasteiger partial charge on any atom is 0.256 e. The molecule has 2 heterocycles. The van der Waals surface area contributed by atoms with Crippen LogP contribution in [0.25, 0.3) is 5.57 Å². The summed E-state index contributed by atoms with van der Waals surface area (Å²) in [4.78, 5) is 27.8. The number of piperidine rings is 1. The number of hydrogen-bond donors (Lipinski definition) is 1. The Bertz CT molecular complexity index is 735. The van der Waals surface area contributed by atoms with E-state index in [2.05, 4.69) is 38.1 Å². The van der Waals surface area contributed by atoms with Gasteiger partial charge >= 0.3 is 0 Å². The molecule has 0 spiro atoms. The lowest BCUT2D eigenvalue weighted by Gasteiger charge is -2.41. The van der Waals surface area contributed by atoms with Gasteiger partial charge in [-0.3, -0.25) is 9.59 Å². The molecule has 1 atom stereocenters. The van der Waals surface area contributed by atoms with Gasteiger partial charge in [-0.05, 0) is 44.2 Å². The first-order valence-electron chi connectivity index (χ1n) is 9.33. The van der Waals surface area contributed by atoms with Crippen LogP contribution in [0.5, 0.6) is 0 Å². The van der Waals surface area contributed by atoms with Crippen molar-refractivity contribution in [2.45, 2.75) is 45.6 Å². The Hall–Kier alpha value is -2.14. The second kappa shape index (κ2) is 7.23. The van der Waals surface area contributed by atoms with Crippen LogP contribution in [0, 0.1) is 13.8 Å². The van der Waals surface area contributed by atoms with Crippen LogP contribution in [-0.4, -0.2) is 58.5 Å². The number of carbonyl (C=O) groups is 2. The van der Waals surface area contributed by atoms with Crippen molar-refractivity contribution >= 4 is 17.4 Å². The third kappa shape index (κ3) is 3.83. The van der Waals surface area contributed by atoms with Crippen molar-refractivity contribution in [3.05, 3.63) is 41.0 Å². The fourth-order valence-electron chi connectivity index (χ4n) is 4.05. The Morgan fingerprint density at radius 3 is 2.35 bits per heavy atom. The van der Waals surface area contributed by atoms with Gasteiger partial charge < -0.3 is 14.9 Å². The molecule has 3 rings (SSSR count). The zero-order chi connectivity index (χ0) is 18.9. The molecule has 5 heteroatoms. The molecule has 2 amide bonds. The molecule has 0 aromatic heterocycles. The van der Waals surface area contributed by atoms with Crippen molar-refractivity contribution in [1.29, 1.82) is 0 Å².